The summed E-state index contributed by atoms with van der Waals surface area (Å²) < 4.78 is 5.58. The average Bonchev–Trinajstić information content (AvgIpc) is 2.36. The van der Waals surface area contributed by atoms with E-state index in [1.165, 1.54) is 12.8 Å². The van der Waals surface area contributed by atoms with Crippen molar-refractivity contribution in [3.05, 3.63) is 37.6 Å². The van der Waals surface area contributed by atoms with E-state index in [9.17, 15) is 0 Å². The number of rotatable bonds is 12. The highest BCUT2D eigenvalue weighted by atomic mass is 16.5. The monoisotopic (exact) mass is 237 g/mol. The Labute approximate surface area is 107 Å². The Balaban J connectivity index is 3.71. The van der Waals surface area contributed by atoms with Crippen LogP contribution in [0.1, 0.15) is 32.6 Å². The smallest absolute Gasteiger partial charge is 0.0641 e. The summed E-state index contributed by atoms with van der Waals surface area (Å²) >= 11 is 0. The maximum absolute atomic E-state index is 5.58. The summed E-state index contributed by atoms with van der Waals surface area (Å²) in [5.41, 5.74) is 0.994. The topological polar surface area (TPSA) is 12.5 Å². The van der Waals surface area contributed by atoms with Crippen molar-refractivity contribution in [3.63, 3.8) is 0 Å². The van der Waals surface area contributed by atoms with Crippen LogP contribution in [-0.4, -0.2) is 31.2 Å². The van der Waals surface area contributed by atoms with Gasteiger partial charge in [-0.05, 0) is 25.3 Å². The predicted molar refractivity (Wildman–Crippen MR) is 76.1 cm³/mol. The highest BCUT2D eigenvalue weighted by Gasteiger charge is 2.03. The molecule has 0 aromatic heterocycles. The number of allylic oxidation sites excluding steroid dienone is 2. The molecule has 0 aliphatic carbocycles. The van der Waals surface area contributed by atoms with Crippen molar-refractivity contribution in [2.75, 3.05) is 26.3 Å². The van der Waals surface area contributed by atoms with Gasteiger partial charge in [0, 0.05) is 25.4 Å². The van der Waals surface area contributed by atoms with E-state index in [-0.39, 0.29) is 0 Å². The number of hydrogen-bond acceptors (Lipinski definition) is 2. The fraction of sp³-hybridized carbons (Fsp3) is 0.600. The molecule has 0 N–H and O–H groups in total. The fourth-order valence-corrected chi connectivity index (χ4v) is 1.48. The minimum absolute atomic E-state index is 0.758. The molecule has 2 heteroatoms. The van der Waals surface area contributed by atoms with Gasteiger partial charge in [-0.15, -0.1) is 6.58 Å². The first kappa shape index (κ1) is 16.0. The SMILES string of the molecule is C=CCCCOCCN(CCCC)C(=C)C=C. The van der Waals surface area contributed by atoms with Crippen LogP contribution in [0.2, 0.25) is 0 Å². The molecule has 0 aliphatic heterocycles. The van der Waals surface area contributed by atoms with Crippen molar-refractivity contribution in [1.29, 1.82) is 0 Å². The molecular weight excluding hydrogens is 210 g/mol. The van der Waals surface area contributed by atoms with Crippen LogP contribution in [0.5, 0.6) is 0 Å². The van der Waals surface area contributed by atoms with E-state index in [1.807, 2.05) is 12.2 Å². The van der Waals surface area contributed by atoms with Crippen LogP contribution in [0.15, 0.2) is 37.6 Å². The fourth-order valence-electron chi connectivity index (χ4n) is 1.48. The molecule has 0 atom stereocenters. The van der Waals surface area contributed by atoms with Crippen molar-refractivity contribution in [2.24, 2.45) is 0 Å². The normalized spacial score (nSPS) is 9.94. The third-order valence-electron chi connectivity index (χ3n) is 2.63. The van der Waals surface area contributed by atoms with E-state index in [4.69, 9.17) is 4.74 Å². The highest BCUT2D eigenvalue weighted by Crippen LogP contribution is 2.05. The lowest BCUT2D eigenvalue weighted by molar-refractivity contribution is 0.112. The molecular formula is C15H27NO. The highest BCUT2D eigenvalue weighted by molar-refractivity contribution is 5.09. The molecule has 0 bridgehead atoms. The number of hydrogen-bond donors (Lipinski definition) is 0. The van der Waals surface area contributed by atoms with Gasteiger partial charge in [0.15, 0.2) is 0 Å². The summed E-state index contributed by atoms with van der Waals surface area (Å²) in [4.78, 5) is 2.24. The van der Waals surface area contributed by atoms with Crippen LogP contribution in [0, 0.1) is 0 Å². The lowest BCUT2D eigenvalue weighted by Crippen LogP contribution is -2.27. The molecule has 17 heavy (non-hydrogen) atoms. The van der Waals surface area contributed by atoms with Gasteiger partial charge in [-0.3, -0.25) is 0 Å². The quantitative estimate of drug-likeness (QED) is 0.291. The first-order chi connectivity index (χ1) is 8.26. The second-order valence-corrected chi connectivity index (χ2v) is 4.08. The Morgan fingerprint density at radius 1 is 1.18 bits per heavy atom. The summed E-state index contributed by atoms with van der Waals surface area (Å²) in [6.45, 7) is 17.2. The van der Waals surface area contributed by atoms with Gasteiger partial charge in [0.1, 0.15) is 0 Å². The minimum atomic E-state index is 0.758. The van der Waals surface area contributed by atoms with Gasteiger partial charge in [-0.25, -0.2) is 0 Å². The molecule has 2 nitrogen and oxygen atoms in total. The molecule has 0 amide bonds. The van der Waals surface area contributed by atoms with Gasteiger partial charge in [0.2, 0.25) is 0 Å². The Bertz CT molecular complexity index is 223. The molecule has 0 aromatic rings. The van der Waals surface area contributed by atoms with Gasteiger partial charge in [-0.1, -0.05) is 32.6 Å². The largest absolute Gasteiger partial charge is 0.380 e. The van der Waals surface area contributed by atoms with Crippen LogP contribution in [0.4, 0.5) is 0 Å². The molecule has 0 spiro atoms. The van der Waals surface area contributed by atoms with E-state index in [0.29, 0.717) is 0 Å². The van der Waals surface area contributed by atoms with Gasteiger partial charge in [0.05, 0.1) is 6.61 Å². The third kappa shape index (κ3) is 8.75. The van der Waals surface area contributed by atoms with Gasteiger partial charge >= 0.3 is 0 Å². The van der Waals surface area contributed by atoms with E-state index >= 15 is 0 Å². The standard InChI is InChI=1S/C15H27NO/c1-5-8-10-13-17-14-12-16(11-9-6-2)15(4)7-3/h5,7H,1,3-4,6,8-14H2,2H3. The molecule has 98 valence electrons. The van der Waals surface area contributed by atoms with Crippen LogP contribution in [0.25, 0.3) is 0 Å². The third-order valence-corrected chi connectivity index (χ3v) is 2.63. The lowest BCUT2D eigenvalue weighted by atomic mass is 10.3. The number of nitrogens with zero attached hydrogens (tertiary/aromatic N) is 1. The predicted octanol–water partition coefficient (Wildman–Crippen LogP) is 3.77. The molecule has 0 saturated heterocycles. The summed E-state index contributed by atoms with van der Waals surface area (Å²) in [5.74, 6) is 0. The molecule has 0 unspecified atom stereocenters. The Kier molecular flexibility index (Phi) is 10.8. The van der Waals surface area contributed by atoms with Crippen molar-refractivity contribution in [1.82, 2.24) is 4.90 Å². The Morgan fingerprint density at radius 2 is 1.94 bits per heavy atom. The van der Waals surface area contributed by atoms with Crippen LogP contribution < -0.4 is 0 Å². The van der Waals surface area contributed by atoms with Crippen molar-refractivity contribution in [3.8, 4) is 0 Å². The Hall–Kier alpha value is -1.02. The van der Waals surface area contributed by atoms with Crippen LogP contribution >= 0.6 is 0 Å². The van der Waals surface area contributed by atoms with Gasteiger partial charge < -0.3 is 9.64 Å². The molecule has 0 saturated carbocycles. The number of ether oxygens (including phenoxy) is 1. The Morgan fingerprint density at radius 3 is 2.53 bits per heavy atom. The first-order valence-electron chi connectivity index (χ1n) is 6.51. The molecule has 0 radical (unpaired) electrons. The van der Waals surface area contributed by atoms with E-state index in [1.54, 1.807) is 0 Å². The van der Waals surface area contributed by atoms with E-state index < -0.39 is 0 Å². The molecule has 0 fully saturated rings. The zero-order valence-corrected chi connectivity index (χ0v) is 11.3. The molecule has 0 rings (SSSR count). The van der Waals surface area contributed by atoms with Gasteiger partial charge in [-0.2, -0.15) is 0 Å². The van der Waals surface area contributed by atoms with Crippen molar-refractivity contribution in [2.45, 2.75) is 32.6 Å². The summed E-state index contributed by atoms with van der Waals surface area (Å²) in [6, 6.07) is 0. The second-order valence-electron chi connectivity index (χ2n) is 4.08. The lowest BCUT2D eigenvalue weighted by Gasteiger charge is -2.24. The van der Waals surface area contributed by atoms with Crippen LogP contribution in [-0.2, 0) is 4.74 Å². The molecule has 0 heterocycles. The minimum Gasteiger partial charge on any atom is -0.380 e. The average molecular weight is 237 g/mol. The number of unbranched alkanes of at least 4 members (excludes halogenated alkanes) is 2. The maximum atomic E-state index is 5.58. The van der Waals surface area contributed by atoms with Gasteiger partial charge in [0.25, 0.3) is 0 Å². The zero-order valence-electron chi connectivity index (χ0n) is 11.3. The van der Waals surface area contributed by atoms with Crippen LogP contribution in [0.3, 0.4) is 0 Å². The summed E-state index contributed by atoms with van der Waals surface area (Å²) in [5, 5.41) is 0. The summed E-state index contributed by atoms with van der Waals surface area (Å²) in [7, 11) is 0. The van der Waals surface area contributed by atoms with Crippen molar-refractivity contribution < 1.29 is 4.74 Å². The second kappa shape index (κ2) is 11.5. The van der Waals surface area contributed by atoms with E-state index in [2.05, 4.69) is 31.6 Å². The maximum Gasteiger partial charge on any atom is 0.0641 e. The zero-order chi connectivity index (χ0) is 12.9. The molecule has 0 aromatic carbocycles. The van der Waals surface area contributed by atoms with Crippen molar-refractivity contribution >= 4 is 0 Å². The molecule has 0 aliphatic rings. The van der Waals surface area contributed by atoms with E-state index in [0.717, 1.165) is 44.8 Å². The first-order valence-corrected chi connectivity index (χ1v) is 6.51. The summed E-state index contributed by atoms with van der Waals surface area (Å²) in [6.07, 6.45) is 8.20.